The molecule has 0 spiro atoms. The molecule has 5 heteroatoms. The molecule has 0 bridgehead atoms. The van der Waals surface area contributed by atoms with E-state index in [1.54, 1.807) is 6.08 Å². The number of ether oxygens (including phenoxy) is 3. The Labute approximate surface area is 200 Å². The Morgan fingerprint density at radius 1 is 0.735 bits per heavy atom. The minimum Gasteiger partial charge on any atom is -0.477 e. The van der Waals surface area contributed by atoms with Crippen LogP contribution in [0.15, 0.2) is 84.9 Å². The summed E-state index contributed by atoms with van der Waals surface area (Å²) in [5.41, 5.74) is 1.70. The van der Waals surface area contributed by atoms with Crippen LogP contribution < -0.4 is 0 Å². The highest BCUT2D eigenvalue weighted by molar-refractivity contribution is 6.04. The zero-order valence-electron chi connectivity index (χ0n) is 19.8. The second kappa shape index (κ2) is 9.18. The Kier molecular flexibility index (Phi) is 6.29. The van der Waals surface area contributed by atoms with Crippen molar-refractivity contribution in [3.63, 3.8) is 0 Å². The van der Waals surface area contributed by atoms with E-state index in [1.165, 1.54) is 14.2 Å². The van der Waals surface area contributed by atoms with Gasteiger partial charge in [0, 0.05) is 23.1 Å². The number of hydrogen-bond donors (Lipinski definition) is 0. The Hall–Kier alpha value is -3.86. The standard InChI is InChI=1S/C29H28O5/c1-20-10-14-23(15-11-20)29(24-16-12-21(2)13-17-24)19-28(26(30)32-3,27(31)33-4)18-25(34-29)22-8-6-5-7-9-22/h5-18H,19H2,1-4H3. The van der Waals surface area contributed by atoms with Crippen molar-refractivity contribution < 1.29 is 23.8 Å². The van der Waals surface area contributed by atoms with Crippen molar-refractivity contribution >= 4 is 17.7 Å². The van der Waals surface area contributed by atoms with Gasteiger partial charge in [-0.15, -0.1) is 0 Å². The van der Waals surface area contributed by atoms with Crippen molar-refractivity contribution in [3.8, 4) is 0 Å². The van der Waals surface area contributed by atoms with E-state index >= 15 is 0 Å². The molecule has 0 aromatic heterocycles. The lowest BCUT2D eigenvalue weighted by atomic mass is 9.69. The first-order valence-electron chi connectivity index (χ1n) is 11.1. The van der Waals surface area contributed by atoms with Crippen molar-refractivity contribution in [2.45, 2.75) is 25.9 Å². The SMILES string of the molecule is COC(=O)C1(C(=O)OC)C=C(c2ccccc2)OC(c2ccc(C)cc2)(c2ccc(C)cc2)C1. The molecule has 174 valence electrons. The largest absolute Gasteiger partial charge is 0.477 e. The summed E-state index contributed by atoms with van der Waals surface area (Å²) in [6.45, 7) is 4.01. The fourth-order valence-corrected chi connectivity index (χ4v) is 4.51. The van der Waals surface area contributed by atoms with Crippen LogP contribution in [0, 0.1) is 19.3 Å². The van der Waals surface area contributed by atoms with Gasteiger partial charge in [0.05, 0.1) is 14.2 Å². The first-order chi connectivity index (χ1) is 16.3. The average molecular weight is 457 g/mol. The molecule has 1 aliphatic heterocycles. The maximum absolute atomic E-state index is 13.3. The summed E-state index contributed by atoms with van der Waals surface area (Å²) >= 11 is 0. The molecule has 0 radical (unpaired) electrons. The van der Waals surface area contributed by atoms with Gasteiger partial charge in [0.1, 0.15) is 5.76 Å². The summed E-state index contributed by atoms with van der Waals surface area (Å²) < 4.78 is 17.1. The molecule has 3 aromatic rings. The molecular formula is C29H28O5. The number of methoxy groups -OCH3 is 2. The average Bonchev–Trinajstić information content (AvgIpc) is 2.88. The summed E-state index contributed by atoms with van der Waals surface area (Å²) in [7, 11) is 2.55. The van der Waals surface area contributed by atoms with Crippen molar-refractivity contribution in [1.82, 2.24) is 0 Å². The van der Waals surface area contributed by atoms with E-state index in [4.69, 9.17) is 14.2 Å². The smallest absolute Gasteiger partial charge is 0.327 e. The summed E-state index contributed by atoms with van der Waals surface area (Å²) in [5, 5.41) is 0. The van der Waals surface area contributed by atoms with Crippen LogP contribution in [0.5, 0.6) is 0 Å². The number of carbonyl (C=O) groups is 2. The number of benzene rings is 3. The number of carbonyl (C=O) groups excluding carboxylic acids is 2. The molecule has 1 aliphatic rings. The van der Waals surface area contributed by atoms with E-state index in [0.717, 1.165) is 27.8 Å². The highest BCUT2D eigenvalue weighted by atomic mass is 16.5. The van der Waals surface area contributed by atoms with Gasteiger partial charge in [-0.2, -0.15) is 0 Å². The molecular weight excluding hydrogens is 428 g/mol. The highest BCUT2D eigenvalue weighted by Crippen LogP contribution is 2.52. The molecule has 0 unspecified atom stereocenters. The molecule has 0 N–H and O–H groups in total. The highest BCUT2D eigenvalue weighted by Gasteiger charge is 2.58. The molecule has 3 aromatic carbocycles. The Morgan fingerprint density at radius 2 is 1.21 bits per heavy atom. The third-order valence-electron chi connectivity index (χ3n) is 6.38. The molecule has 0 atom stereocenters. The van der Waals surface area contributed by atoms with Gasteiger partial charge in [0.25, 0.3) is 0 Å². The van der Waals surface area contributed by atoms with Crippen molar-refractivity contribution in [2.24, 2.45) is 5.41 Å². The lowest BCUT2D eigenvalue weighted by Crippen LogP contribution is -2.49. The van der Waals surface area contributed by atoms with Gasteiger partial charge in [-0.1, -0.05) is 90.0 Å². The molecule has 1 heterocycles. The fourth-order valence-electron chi connectivity index (χ4n) is 4.51. The zero-order valence-corrected chi connectivity index (χ0v) is 19.8. The lowest BCUT2D eigenvalue weighted by molar-refractivity contribution is -0.170. The van der Waals surface area contributed by atoms with Crippen LogP contribution in [0.2, 0.25) is 0 Å². The molecule has 0 fully saturated rings. The number of hydrogen-bond acceptors (Lipinski definition) is 5. The van der Waals surface area contributed by atoms with Crippen molar-refractivity contribution in [2.75, 3.05) is 14.2 Å². The van der Waals surface area contributed by atoms with Crippen LogP contribution in [-0.4, -0.2) is 26.2 Å². The van der Waals surface area contributed by atoms with Gasteiger partial charge in [-0.05, 0) is 19.9 Å². The second-order valence-corrected chi connectivity index (χ2v) is 8.67. The first kappa shape index (κ1) is 23.3. The molecule has 34 heavy (non-hydrogen) atoms. The van der Waals surface area contributed by atoms with Gasteiger partial charge in [-0.25, -0.2) is 0 Å². The number of rotatable bonds is 5. The molecule has 4 rings (SSSR count). The van der Waals surface area contributed by atoms with Gasteiger partial charge in [0.15, 0.2) is 11.0 Å². The molecule has 0 saturated heterocycles. The van der Waals surface area contributed by atoms with E-state index in [1.807, 2.05) is 92.7 Å². The minimum absolute atomic E-state index is 0.0121. The number of esters is 2. The second-order valence-electron chi connectivity index (χ2n) is 8.67. The normalized spacial score (nSPS) is 16.1. The fraction of sp³-hybridized carbons (Fsp3) is 0.241. The monoisotopic (exact) mass is 456 g/mol. The van der Waals surface area contributed by atoms with Crippen LogP contribution in [0.4, 0.5) is 0 Å². The molecule has 5 nitrogen and oxygen atoms in total. The molecule has 0 amide bonds. The third-order valence-corrected chi connectivity index (χ3v) is 6.38. The Bertz CT molecular complexity index is 1150. The first-order valence-corrected chi connectivity index (χ1v) is 11.1. The van der Waals surface area contributed by atoms with E-state index in [9.17, 15) is 9.59 Å². The van der Waals surface area contributed by atoms with E-state index in [0.29, 0.717) is 5.76 Å². The quantitative estimate of drug-likeness (QED) is 0.383. The topological polar surface area (TPSA) is 61.8 Å². The predicted octanol–water partition coefficient (Wildman–Crippen LogP) is 5.34. The van der Waals surface area contributed by atoms with Crippen molar-refractivity contribution in [1.29, 1.82) is 0 Å². The summed E-state index contributed by atoms with van der Waals surface area (Å²) in [4.78, 5) is 26.6. The number of aryl methyl sites for hydroxylation is 2. The zero-order chi connectivity index (χ0) is 24.3. The van der Waals surface area contributed by atoms with Crippen LogP contribution in [0.1, 0.15) is 34.2 Å². The van der Waals surface area contributed by atoms with E-state index < -0.39 is 23.0 Å². The van der Waals surface area contributed by atoms with Crippen LogP contribution in [0.25, 0.3) is 5.76 Å². The van der Waals surface area contributed by atoms with E-state index in [2.05, 4.69) is 0 Å². The van der Waals surface area contributed by atoms with Crippen molar-refractivity contribution in [3.05, 3.63) is 113 Å². The van der Waals surface area contributed by atoms with Gasteiger partial charge in [0.2, 0.25) is 0 Å². The predicted molar refractivity (Wildman–Crippen MR) is 130 cm³/mol. The minimum atomic E-state index is -1.71. The third kappa shape index (κ3) is 3.98. The summed E-state index contributed by atoms with van der Waals surface area (Å²) in [6, 6.07) is 25.3. The lowest BCUT2D eigenvalue weighted by Gasteiger charge is -2.45. The van der Waals surface area contributed by atoms with Crippen LogP contribution >= 0.6 is 0 Å². The van der Waals surface area contributed by atoms with Crippen LogP contribution in [0.3, 0.4) is 0 Å². The van der Waals surface area contributed by atoms with Gasteiger partial charge in [-0.3, -0.25) is 9.59 Å². The maximum Gasteiger partial charge on any atom is 0.327 e. The van der Waals surface area contributed by atoms with E-state index in [-0.39, 0.29) is 6.42 Å². The summed E-state index contributed by atoms with van der Waals surface area (Å²) in [6.07, 6.45) is 1.53. The molecule has 0 saturated carbocycles. The van der Waals surface area contributed by atoms with Gasteiger partial charge < -0.3 is 14.2 Å². The Balaban J connectivity index is 2.05. The van der Waals surface area contributed by atoms with Crippen LogP contribution in [-0.2, 0) is 29.4 Å². The maximum atomic E-state index is 13.3. The molecule has 0 aliphatic carbocycles. The Morgan fingerprint density at radius 3 is 1.65 bits per heavy atom. The van der Waals surface area contributed by atoms with Gasteiger partial charge >= 0.3 is 11.9 Å². The summed E-state index contributed by atoms with van der Waals surface area (Å²) in [5.74, 6) is -0.983.